The number of rotatable bonds is 7. The van der Waals surface area contributed by atoms with Gasteiger partial charge in [0.2, 0.25) is 15.9 Å². The molecule has 1 amide bonds. The van der Waals surface area contributed by atoms with Crippen LogP contribution < -0.4 is 16.1 Å². The Hall–Kier alpha value is -2.91. The molecule has 3 aromatic rings. The Labute approximate surface area is 162 Å². The number of amides is 1. The molecular weight excluding hydrogens is 380 g/mol. The molecule has 2 aromatic carbocycles. The lowest BCUT2D eigenvalue weighted by Crippen LogP contribution is -2.26. The highest BCUT2D eigenvalue weighted by molar-refractivity contribution is 7.89. The van der Waals surface area contributed by atoms with Gasteiger partial charge < -0.3 is 5.32 Å². The van der Waals surface area contributed by atoms with Crippen LogP contribution in [0.2, 0.25) is 0 Å². The van der Waals surface area contributed by atoms with Gasteiger partial charge in [-0.1, -0.05) is 25.1 Å². The van der Waals surface area contributed by atoms with Crippen molar-refractivity contribution in [2.24, 2.45) is 5.14 Å². The van der Waals surface area contributed by atoms with Crippen molar-refractivity contribution < 1.29 is 13.2 Å². The van der Waals surface area contributed by atoms with Gasteiger partial charge in [0.05, 0.1) is 15.9 Å². The van der Waals surface area contributed by atoms with E-state index in [1.807, 2.05) is 31.2 Å². The van der Waals surface area contributed by atoms with Crippen LogP contribution in [0, 0.1) is 0 Å². The molecule has 9 heteroatoms. The lowest BCUT2D eigenvalue weighted by Gasteiger charge is -2.07. The predicted octanol–water partition coefficient (Wildman–Crippen LogP) is 1.89. The van der Waals surface area contributed by atoms with Gasteiger partial charge >= 0.3 is 5.69 Å². The van der Waals surface area contributed by atoms with Crippen molar-refractivity contribution in [2.75, 3.05) is 5.32 Å². The Balaban J connectivity index is 1.77. The maximum absolute atomic E-state index is 12.7. The first-order valence-corrected chi connectivity index (χ1v) is 10.5. The van der Waals surface area contributed by atoms with E-state index in [0.717, 1.165) is 17.5 Å². The highest BCUT2D eigenvalue weighted by Gasteiger charge is 2.14. The van der Waals surface area contributed by atoms with Gasteiger partial charge in [-0.2, -0.15) is 0 Å². The topological polar surface area (TPSA) is 116 Å². The molecule has 1 aromatic heterocycles. The van der Waals surface area contributed by atoms with E-state index in [4.69, 9.17) is 5.14 Å². The molecule has 0 bridgehead atoms. The van der Waals surface area contributed by atoms with Gasteiger partial charge in [-0.25, -0.2) is 18.4 Å². The number of imidazole rings is 1. The number of nitrogens with two attached hydrogens (primary N) is 1. The smallest absolute Gasteiger partial charge is 0.326 e. The molecule has 1 heterocycles. The van der Waals surface area contributed by atoms with E-state index in [1.54, 1.807) is 15.2 Å². The highest BCUT2D eigenvalue weighted by Crippen LogP contribution is 2.16. The number of fused-ring (bicyclic) bond motifs is 1. The number of nitrogens with zero attached hydrogens (tertiary/aromatic N) is 2. The second-order valence-corrected chi connectivity index (χ2v) is 8.01. The van der Waals surface area contributed by atoms with Crippen molar-refractivity contribution in [3.63, 3.8) is 0 Å². The zero-order valence-corrected chi connectivity index (χ0v) is 16.3. The normalized spacial score (nSPS) is 11.6. The van der Waals surface area contributed by atoms with Gasteiger partial charge in [0.15, 0.2) is 0 Å². The number of aryl methyl sites for hydroxylation is 2. The van der Waals surface area contributed by atoms with E-state index in [0.29, 0.717) is 12.2 Å². The summed E-state index contributed by atoms with van der Waals surface area (Å²) in [6.07, 6.45) is 0.897. The fraction of sp³-hybridized carbons (Fsp3) is 0.263. The monoisotopic (exact) mass is 402 g/mol. The fourth-order valence-electron chi connectivity index (χ4n) is 3.12. The van der Waals surface area contributed by atoms with Crippen LogP contribution in [0.25, 0.3) is 11.0 Å². The first-order chi connectivity index (χ1) is 13.3. The average Bonchev–Trinajstić information content (AvgIpc) is 2.92. The minimum Gasteiger partial charge on any atom is -0.326 e. The van der Waals surface area contributed by atoms with E-state index < -0.39 is 10.0 Å². The quantitative estimate of drug-likeness (QED) is 0.628. The molecule has 8 nitrogen and oxygen atoms in total. The molecule has 148 valence electrons. The lowest BCUT2D eigenvalue weighted by molar-refractivity contribution is -0.116. The summed E-state index contributed by atoms with van der Waals surface area (Å²) in [5.74, 6) is -0.328. The third-order valence-corrected chi connectivity index (χ3v) is 5.29. The number of carbonyl (C=O) groups is 1. The van der Waals surface area contributed by atoms with Gasteiger partial charge in [0, 0.05) is 25.2 Å². The van der Waals surface area contributed by atoms with Crippen molar-refractivity contribution in [3.8, 4) is 0 Å². The molecule has 0 atom stereocenters. The van der Waals surface area contributed by atoms with Crippen LogP contribution in [-0.2, 0) is 27.9 Å². The van der Waals surface area contributed by atoms with Crippen LogP contribution in [0.3, 0.4) is 0 Å². The number of hydrogen-bond acceptors (Lipinski definition) is 4. The third kappa shape index (κ3) is 4.15. The number of benzene rings is 2. The first-order valence-electron chi connectivity index (χ1n) is 8.92. The molecule has 0 aliphatic carbocycles. The molecule has 28 heavy (non-hydrogen) atoms. The maximum atomic E-state index is 12.7. The summed E-state index contributed by atoms with van der Waals surface area (Å²) in [7, 11) is -3.85. The van der Waals surface area contributed by atoms with Crippen molar-refractivity contribution in [3.05, 3.63) is 59.0 Å². The van der Waals surface area contributed by atoms with Gasteiger partial charge in [0.1, 0.15) is 0 Å². The molecule has 0 saturated carbocycles. The van der Waals surface area contributed by atoms with Crippen LogP contribution >= 0.6 is 0 Å². The number of para-hydroxylation sites is 2. The zero-order chi connectivity index (χ0) is 20.3. The zero-order valence-electron chi connectivity index (χ0n) is 15.5. The van der Waals surface area contributed by atoms with Gasteiger partial charge in [-0.05, 0) is 36.8 Å². The Bertz CT molecular complexity index is 1180. The van der Waals surface area contributed by atoms with Crippen molar-refractivity contribution >= 4 is 32.7 Å². The number of primary sulfonamides is 1. The Morgan fingerprint density at radius 1 is 1.04 bits per heavy atom. The number of aromatic nitrogens is 2. The predicted molar refractivity (Wildman–Crippen MR) is 108 cm³/mol. The van der Waals surface area contributed by atoms with Crippen molar-refractivity contribution in [1.29, 1.82) is 0 Å². The molecule has 0 spiro atoms. The second-order valence-electron chi connectivity index (χ2n) is 6.45. The van der Waals surface area contributed by atoms with E-state index >= 15 is 0 Å². The Morgan fingerprint density at radius 2 is 1.68 bits per heavy atom. The summed E-state index contributed by atoms with van der Waals surface area (Å²) < 4.78 is 26.1. The maximum Gasteiger partial charge on any atom is 0.329 e. The van der Waals surface area contributed by atoms with Crippen LogP contribution in [-0.4, -0.2) is 23.5 Å². The molecular formula is C19H22N4O4S. The van der Waals surface area contributed by atoms with Crippen molar-refractivity contribution in [2.45, 2.75) is 37.8 Å². The summed E-state index contributed by atoms with van der Waals surface area (Å²) in [5.41, 5.74) is 1.81. The number of anilines is 1. The molecule has 0 fully saturated rings. The standard InChI is InChI=1S/C19H22N4O4S/c1-2-11-22-16-8-3-4-9-17(16)23(19(22)25)12-10-18(24)21-14-6-5-7-15(13-14)28(20,26)27/h3-9,13H,2,10-12H2,1H3,(H,21,24)(H2,20,26,27). The molecule has 3 rings (SSSR count). The van der Waals surface area contributed by atoms with Crippen LogP contribution in [0.1, 0.15) is 19.8 Å². The number of sulfonamides is 1. The number of carbonyl (C=O) groups excluding carboxylic acids is 1. The van der Waals surface area contributed by atoms with Crippen molar-refractivity contribution in [1.82, 2.24) is 9.13 Å². The summed E-state index contributed by atoms with van der Waals surface area (Å²) in [6.45, 7) is 2.83. The average molecular weight is 402 g/mol. The Kier molecular flexibility index (Phi) is 5.66. The van der Waals surface area contributed by atoms with Gasteiger partial charge in [0.25, 0.3) is 0 Å². The molecule has 0 aliphatic heterocycles. The summed E-state index contributed by atoms with van der Waals surface area (Å²) >= 11 is 0. The van der Waals surface area contributed by atoms with Crippen LogP contribution in [0.5, 0.6) is 0 Å². The van der Waals surface area contributed by atoms with E-state index in [1.165, 1.54) is 18.2 Å². The number of nitrogens with one attached hydrogen (secondary N) is 1. The van der Waals surface area contributed by atoms with E-state index in [9.17, 15) is 18.0 Å². The molecule has 0 aliphatic rings. The SMILES string of the molecule is CCCn1c(=O)n(CCC(=O)Nc2cccc(S(N)(=O)=O)c2)c2ccccc21. The van der Waals surface area contributed by atoms with E-state index in [-0.39, 0.29) is 29.5 Å². The first kappa shape index (κ1) is 19.8. The summed E-state index contributed by atoms with van der Waals surface area (Å²) in [4.78, 5) is 25.0. The van der Waals surface area contributed by atoms with Crippen LogP contribution in [0.4, 0.5) is 5.69 Å². The van der Waals surface area contributed by atoms with Gasteiger partial charge in [-0.3, -0.25) is 13.9 Å². The highest BCUT2D eigenvalue weighted by atomic mass is 32.2. The molecule has 3 N–H and O–H groups in total. The lowest BCUT2D eigenvalue weighted by atomic mass is 10.3. The molecule has 0 saturated heterocycles. The van der Waals surface area contributed by atoms with Crippen LogP contribution in [0.15, 0.2) is 58.2 Å². The molecule has 0 unspecified atom stereocenters. The summed E-state index contributed by atoms with van der Waals surface area (Å²) in [6, 6.07) is 13.2. The number of hydrogen-bond donors (Lipinski definition) is 2. The second kappa shape index (κ2) is 7.99. The summed E-state index contributed by atoms with van der Waals surface area (Å²) in [5, 5.41) is 7.75. The van der Waals surface area contributed by atoms with Gasteiger partial charge in [-0.15, -0.1) is 0 Å². The fourth-order valence-corrected chi connectivity index (χ4v) is 3.68. The third-order valence-electron chi connectivity index (χ3n) is 4.38. The largest absolute Gasteiger partial charge is 0.329 e. The Morgan fingerprint density at radius 3 is 2.29 bits per heavy atom. The van der Waals surface area contributed by atoms with E-state index in [2.05, 4.69) is 5.32 Å². The minimum atomic E-state index is -3.85. The minimum absolute atomic E-state index is 0.0691. The molecule has 0 radical (unpaired) electrons.